The van der Waals surface area contributed by atoms with E-state index >= 15 is 0 Å². The van der Waals surface area contributed by atoms with Crippen molar-refractivity contribution in [1.29, 1.82) is 0 Å². The molecule has 0 saturated carbocycles. The Morgan fingerprint density at radius 2 is 1.89 bits per heavy atom. The van der Waals surface area contributed by atoms with E-state index in [1.54, 1.807) is 26.2 Å². The lowest BCUT2D eigenvalue weighted by molar-refractivity contribution is 0.241. The molecule has 1 aliphatic heterocycles. The number of thioether (sulfide) groups is 1. The first-order chi connectivity index (χ1) is 13.2. The molecule has 0 saturated heterocycles. The lowest BCUT2D eigenvalue weighted by Crippen LogP contribution is -2.31. The molecule has 4 rings (SSSR count). The molecule has 1 aliphatic rings. The highest BCUT2D eigenvalue weighted by atomic mass is 32.2. The van der Waals surface area contributed by atoms with Gasteiger partial charge in [-0.1, -0.05) is 18.2 Å². The summed E-state index contributed by atoms with van der Waals surface area (Å²) in [5.74, 6) is 0. The summed E-state index contributed by atoms with van der Waals surface area (Å²) in [6, 6.07) is 9.40. The Balaban J connectivity index is 2.07. The highest BCUT2D eigenvalue weighted by Crippen LogP contribution is 2.41. The van der Waals surface area contributed by atoms with Gasteiger partial charge in [0.05, 0.1) is 10.9 Å². The molecule has 0 atom stereocenters. The van der Waals surface area contributed by atoms with Crippen LogP contribution in [0.2, 0.25) is 0 Å². The van der Waals surface area contributed by atoms with Crippen LogP contribution in [0.5, 0.6) is 0 Å². The van der Waals surface area contributed by atoms with E-state index in [0.29, 0.717) is 11.0 Å². The number of nitrogens with one attached hydrogen (secondary N) is 1. The summed E-state index contributed by atoms with van der Waals surface area (Å²) >= 11 is 1.13. The van der Waals surface area contributed by atoms with Gasteiger partial charge in [-0.2, -0.15) is 0 Å². The highest BCUT2D eigenvalue weighted by Gasteiger charge is 2.26. The number of rotatable bonds is 1. The Hall–Kier alpha value is -2.73. The summed E-state index contributed by atoms with van der Waals surface area (Å²) in [5, 5.41) is 5.53. The molecule has 144 valence electrons. The molecule has 6 heteroatoms. The first-order valence-electron chi connectivity index (χ1n) is 9.07. The van der Waals surface area contributed by atoms with Crippen molar-refractivity contribution in [1.82, 2.24) is 4.90 Å². The van der Waals surface area contributed by atoms with Gasteiger partial charge in [0.1, 0.15) is 5.58 Å². The fourth-order valence-corrected chi connectivity index (χ4v) is 4.65. The molecule has 3 aromatic rings. The van der Waals surface area contributed by atoms with Crippen LogP contribution in [0.25, 0.3) is 27.3 Å². The zero-order valence-corrected chi connectivity index (χ0v) is 17.4. The number of hydrogen-bond donors (Lipinski definition) is 1. The molecule has 0 bridgehead atoms. The van der Waals surface area contributed by atoms with Crippen LogP contribution in [0.1, 0.15) is 26.3 Å². The van der Waals surface area contributed by atoms with Gasteiger partial charge in [-0.05, 0) is 56.3 Å². The van der Waals surface area contributed by atoms with E-state index in [2.05, 4.69) is 25.2 Å². The maximum atomic E-state index is 12.9. The first-order valence-corrected chi connectivity index (χ1v) is 9.89. The molecule has 0 radical (unpaired) electrons. The van der Waals surface area contributed by atoms with Crippen LogP contribution in [-0.4, -0.2) is 29.8 Å². The number of benzene rings is 2. The van der Waals surface area contributed by atoms with Crippen LogP contribution in [0.15, 0.2) is 50.5 Å². The molecular formula is C22H22N2O3S. The second-order valence-corrected chi connectivity index (χ2v) is 8.86. The summed E-state index contributed by atoms with van der Waals surface area (Å²) in [6.07, 6.45) is 2.12. The lowest BCUT2D eigenvalue weighted by atomic mass is 9.88. The Bertz CT molecular complexity index is 1220. The summed E-state index contributed by atoms with van der Waals surface area (Å²) < 4.78 is 5.68. The van der Waals surface area contributed by atoms with Gasteiger partial charge >= 0.3 is 5.63 Å². The predicted octanol–water partition coefficient (Wildman–Crippen LogP) is 5.33. The maximum Gasteiger partial charge on any atom is 0.344 e. The van der Waals surface area contributed by atoms with Crippen molar-refractivity contribution in [3.05, 3.63) is 52.4 Å². The van der Waals surface area contributed by atoms with E-state index in [1.165, 1.54) is 4.90 Å². The molecule has 2 heterocycles. The highest BCUT2D eigenvalue weighted by molar-refractivity contribution is 8.13. The molecule has 28 heavy (non-hydrogen) atoms. The minimum absolute atomic E-state index is 0.0793. The summed E-state index contributed by atoms with van der Waals surface area (Å²) in [5.41, 5.74) is 2.74. The summed E-state index contributed by atoms with van der Waals surface area (Å²) in [4.78, 5) is 27.5. The Morgan fingerprint density at radius 1 is 1.14 bits per heavy atom. The summed E-state index contributed by atoms with van der Waals surface area (Å²) in [6.45, 7) is 6.20. The van der Waals surface area contributed by atoms with Gasteiger partial charge in [0.15, 0.2) is 0 Å². The van der Waals surface area contributed by atoms with E-state index in [9.17, 15) is 9.59 Å². The second kappa shape index (κ2) is 6.41. The van der Waals surface area contributed by atoms with Gasteiger partial charge in [0.25, 0.3) is 5.24 Å². The molecule has 2 aromatic carbocycles. The SMILES string of the molecule is CC1=CC(C)(C)Nc2ccc3c(c21)c(=O)oc1cccc(SC(=O)N(C)C)c13. The number of allylic oxidation sites excluding steroid dienone is 1. The molecule has 1 amide bonds. The van der Waals surface area contributed by atoms with Gasteiger partial charge in [-0.15, -0.1) is 0 Å². The number of nitrogens with zero attached hydrogens (tertiary/aromatic N) is 1. The molecule has 0 fully saturated rings. The normalized spacial score (nSPS) is 15.1. The zero-order valence-electron chi connectivity index (χ0n) is 16.5. The topological polar surface area (TPSA) is 62.6 Å². The van der Waals surface area contributed by atoms with Crippen LogP contribution >= 0.6 is 11.8 Å². The van der Waals surface area contributed by atoms with E-state index in [1.807, 2.05) is 25.1 Å². The van der Waals surface area contributed by atoms with Crippen molar-refractivity contribution in [3.8, 4) is 0 Å². The average Bonchev–Trinajstić information content (AvgIpc) is 2.60. The average molecular weight is 394 g/mol. The van der Waals surface area contributed by atoms with Crippen LogP contribution < -0.4 is 10.9 Å². The first kappa shape index (κ1) is 18.6. The minimum Gasteiger partial charge on any atom is -0.422 e. The third kappa shape index (κ3) is 2.98. The second-order valence-electron chi connectivity index (χ2n) is 7.87. The van der Waals surface area contributed by atoms with Crippen LogP contribution in [0.3, 0.4) is 0 Å². The Labute approximate surface area is 167 Å². The third-order valence-electron chi connectivity index (χ3n) is 4.86. The van der Waals surface area contributed by atoms with Gasteiger partial charge in [0.2, 0.25) is 0 Å². The third-order valence-corrected chi connectivity index (χ3v) is 5.96. The monoisotopic (exact) mass is 394 g/mol. The van der Waals surface area contributed by atoms with E-state index < -0.39 is 0 Å². The van der Waals surface area contributed by atoms with Crippen LogP contribution in [0.4, 0.5) is 10.5 Å². The molecule has 0 spiro atoms. The molecule has 0 aliphatic carbocycles. The largest absolute Gasteiger partial charge is 0.422 e. The number of carbonyl (C=O) groups excluding carboxylic acids is 1. The van der Waals surface area contributed by atoms with Crippen molar-refractivity contribution >= 4 is 50.0 Å². The predicted molar refractivity (Wildman–Crippen MR) is 116 cm³/mol. The van der Waals surface area contributed by atoms with Crippen molar-refractivity contribution in [2.24, 2.45) is 0 Å². The fraction of sp³-hybridized carbons (Fsp3) is 0.273. The van der Waals surface area contributed by atoms with E-state index in [-0.39, 0.29) is 16.4 Å². The Kier molecular flexibility index (Phi) is 4.27. The summed E-state index contributed by atoms with van der Waals surface area (Å²) in [7, 11) is 3.44. The molecule has 1 aromatic heterocycles. The fourth-order valence-electron chi connectivity index (χ4n) is 3.82. The number of hydrogen-bond acceptors (Lipinski definition) is 5. The van der Waals surface area contributed by atoms with Crippen molar-refractivity contribution in [3.63, 3.8) is 0 Å². The van der Waals surface area contributed by atoms with E-state index in [0.717, 1.165) is 44.3 Å². The standard InChI is InChI=1S/C22H22N2O3S/c1-12-11-22(2,3)23-14-10-9-13-18-15(27-20(25)19(13)17(12)14)7-6-8-16(18)28-21(26)24(4)5/h6-11,23H,1-5H3. The van der Waals surface area contributed by atoms with Crippen LogP contribution in [0, 0.1) is 0 Å². The molecule has 5 nitrogen and oxygen atoms in total. The molecular weight excluding hydrogens is 372 g/mol. The number of fused-ring (bicyclic) bond motifs is 5. The Morgan fingerprint density at radius 3 is 2.61 bits per heavy atom. The number of amides is 1. The van der Waals surface area contributed by atoms with Gasteiger partial charge in [0, 0.05) is 41.0 Å². The smallest absolute Gasteiger partial charge is 0.344 e. The number of anilines is 1. The van der Waals surface area contributed by atoms with Crippen molar-refractivity contribution in [2.75, 3.05) is 19.4 Å². The minimum atomic E-state index is -0.366. The van der Waals surface area contributed by atoms with Crippen LogP contribution in [-0.2, 0) is 0 Å². The quantitative estimate of drug-likeness (QED) is 0.343. The molecule has 0 unspecified atom stereocenters. The van der Waals surface area contributed by atoms with Gasteiger partial charge in [-0.3, -0.25) is 4.79 Å². The van der Waals surface area contributed by atoms with Crippen molar-refractivity contribution < 1.29 is 9.21 Å². The lowest BCUT2D eigenvalue weighted by Gasteiger charge is -2.32. The number of carbonyl (C=O) groups is 1. The van der Waals surface area contributed by atoms with Gasteiger partial charge in [-0.25, -0.2) is 4.79 Å². The molecule has 1 N–H and O–H groups in total. The van der Waals surface area contributed by atoms with Crippen molar-refractivity contribution in [2.45, 2.75) is 31.2 Å². The van der Waals surface area contributed by atoms with E-state index in [4.69, 9.17) is 4.42 Å². The maximum absolute atomic E-state index is 12.9. The zero-order chi connectivity index (χ0) is 20.2. The van der Waals surface area contributed by atoms with Gasteiger partial charge < -0.3 is 14.6 Å².